The maximum Gasteiger partial charge on any atom is 0.267 e. The third-order valence-electron chi connectivity index (χ3n) is 2.79. The van der Waals surface area contributed by atoms with Crippen LogP contribution in [0.3, 0.4) is 0 Å². The second-order valence-electron chi connectivity index (χ2n) is 5.08. The van der Waals surface area contributed by atoms with Gasteiger partial charge in [-0.15, -0.1) is 0 Å². The first kappa shape index (κ1) is 14.3. The van der Waals surface area contributed by atoms with Crippen molar-refractivity contribution in [3.05, 3.63) is 23.5 Å². The first-order valence-electron chi connectivity index (χ1n) is 5.97. The third kappa shape index (κ3) is 4.22. The van der Waals surface area contributed by atoms with E-state index >= 15 is 0 Å². The van der Waals surface area contributed by atoms with E-state index in [1.165, 1.54) is 0 Å². The van der Waals surface area contributed by atoms with Crippen LogP contribution in [0.1, 0.15) is 42.9 Å². The molecule has 0 radical (unpaired) electrons. The van der Waals surface area contributed by atoms with Gasteiger partial charge in [-0.3, -0.25) is 4.79 Å². The van der Waals surface area contributed by atoms with Crippen LogP contribution in [0.2, 0.25) is 0 Å². The van der Waals surface area contributed by atoms with Crippen LogP contribution in [0.25, 0.3) is 0 Å². The second kappa shape index (κ2) is 6.22. The fraction of sp³-hybridized carbons (Fsp3) is 0.538. The summed E-state index contributed by atoms with van der Waals surface area (Å²) >= 11 is 0. The Balaban J connectivity index is 2.32. The predicted molar refractivity (Wildman–Crippen MR) is 67.9 cm³/mol. The molecule has 0 atom stereocenters. The molecular weight excluding hydrogens is 230 g/mol. The summed E-state index contributed by atoms with van der Waals surface area (Å²) in [6.07, 6.45) is 1.66. The van der Waals surface area contributed by atoms with Crippen molar-refractivity contribution in [1.82, 2.24) is 10.3 Å². The van der Waals surface area contributed by atoms with Gasteiger partial charge < -0.3 is 15.4 Å². The van der Waals surface area contributed by atoms with Gasteiger partial charge in [-0.1, -0.05) is 13.8 Å². The maximum absolute atomic E-state index is 11.7. The molecule has 0 unspecified atom stereocenters. The number of aliphatic hydroxyl groups is 1. The molecule has 0 spiro atoms. The van der Waals surface area contributed by atoms with Crippen molar-refractivity contribution in [2.75, 3.05) is 13.2 Å². The van der Waals surface area contributed by atoms with Gasteiger partial charge in [-0.05, 0) is 30.4 Å². The van der Waals surface area contributed by atoms with E-state index in [0.29, 0.717) is 17.9 Å². The van der Waals surface area contributed by atoms with Crippen molar-refractivity contribution in [1.29, 1.82) is 5.26 Å². The van der Waals surface area contributed by atoms with Crippen molar-refractivity contribution in [2.24, 2.45) is 5.41 Å². The molecule has 98 valence electrons. The molecule has 3 N–H and O–H groups in total. The van der Waals surface area contributed by atoms with Crippen LogP contribution in [0.5, 0.6) is 0 Å². The molecule has 0 aromatic carbocycles. The lowest BCUT2D eigenvalue weighted by Crippen LogP contribution is -2.26. The van der Waals surface area contributed by atoms with Crippen LogP contribution in [-0.2, 0) is 0 Å². The summed E-state index contributed by atoms with van der Waals surface area (Å²) in [5.41, 5.74) is 0.667. The summed E-state index contributed by atoms with van der Waals surface area (Å²) in [6, 6.07) is 5.10. The molecule has 1 aromatic heterocycles. The molecule has 1 heterocycles. The van der Waals surface area contributed by atoms with Crippen LogP contribution in [-0.4, -0.2) is 29.1 Å². The Hall–Kier alpha value is -1.80. The van der Waals surface area contributed by atoms with E-state index in [-0.39, 0.29) is 17.9 Å². The van der Waals surface area contributed by atoms with Gasteiger partial charge in [-0.25, -0.2) is 0 Å². The van der Waals surface area contributed by atoms with E-state index in [2.05, 4.69) is 10.3 Å². The normalized spacial score (nSPS) is 11.0. The average Bonchev–Trinajstić information content (AvgIpc) is 2.83. The summed E-state index contributed by atoms with van der Waals surface area (Å²) in [5.74, 6) is -0.210. The Morgan fingerprint density at radius 2 is 2.28 bits per heavy atom. The summed E-state index contributed by atoms with van der Waals surface area (Å²) < 4.78 is 0. The zero-order chi connectivity index (χ0) is 13.6. The van der Waals surface area contributed by atoms with Gasteiger partial charge in [-0.2, -0.15) is 5.26 Å². The number of nitrogens with one attached hydrogen (secondary N) is 2. The number of carbonyl (C=O) groups excluding carboxylic acids is 1. The Labute approximate surface area is 107 Å². The molecular formula is C13H19N3O2. The number of hydrogen-bond donors (Lipinski definition) is 3. The number of rotatable bonds is 6. The number of amides is 1. The van der Waals surface area contributed by atoms with Gasteiger partial charge in [0.2, 0.25) is 0 Å². The van der Waals surface area contributed by atoms with Crippen LogP contribution < -0.4 is 5.32 Å². The molecule has 0 aliphatic heterocycles. The smallest absolute Gasteiger partial charge is 0.267 e. The molecule has 18 heavy (non-hydrogen) atoms. The average molecular weight is 249 g/mol. The van der Waals surface area contributed by atoms with Gasteiger partial charge >= 0.3 is 0 Å². The highest BCUT2D eigenvalue weighted by atomic mass is 16.3. The van der Waals surface area contributed by atoms with Crippen molar-refractivity contribution in [2.45, 2.75) is 26.7 Å². The third-order valence-corrected chi connectivity index (χ3v) is 2.79. The molecule has 0 fully saturated rings. The predicted octanol–water partition coefficient (Wildman–Crippen LogP) is 1.41. The van der Waals surface area contributed by atoms with E-state index in [4.69, 9.17) is 10.4 Å². The summed E-state index contributed by atoms with van der Waals surface area (Å²) in [5, 5.41) is 20.5. The fourth-order valence-electron chi connectivity index (χ4n) is 1.54. The molecule has 0 saturated heterocycles. The Bertz CT molecular complexity index is 443. The van der Waals surface area contributed by atoms with E-state index in [0.717, 1.165) is 12.8 Å². The van der Waals surface area contributed by atoms with Crippen LogP contribution in [0.15, 0.2) is 12.1 Å². The second-order valence-corrected chi connectivity index (χ2v) is 5.08. The quantitative estimate of drug-likeness (QED) is 0.666. The van der Waals surface area contributed by atoms with Crippen molar-refractivity contribution < 1.29 is 9.90 Å². The SMILES string of the molecule is CC(C)(CO)CCCNC(=O)c1ccc(C#N)[nH]1. The van der Waals surface area contributed by atoms with Gasteiger partial charge in [0.15, 0.2) is 0 Å². The topological polar surface area (TPSA) is 88.9 Å². The zero-order valence-electron chi connectivity index (χ0n) is 10.8. The monoisotopic (exact) mass is 249 g/mol. The molecule has 1 amide bonds. The summed E-state index contributed by atoms with van der Waals surface area (Å²) in [4.78, 5) is 14.4. The first-order chi connectivity index (χ1) is 8.48. The molecule has 1 rings (SSSR count). The highest BCUT2D eigenvalue weighted by molar-refractivity contribution is 5.92. The van der Waals surface area contributed by atoms with Crippen molar-refractivity contribution in [3.63, 3.8) is 0 Å². The number of aliphatic hydroxyl groups excluding tert-OH is 1. The number of hydrogen-bond acceptors (Lipinski definition) is 3. The summed E-state index contributed by atoms with van der Waals surface area (Å²) in [7, 11) is 0. The van der Waals surface area contributed by atoms with Crippen LogP contribution >= 0.6 is 0 Å². The minimum atomic E-state index is -0.210. The fourth-order valence-corrected chi connectivity index (χ4v) is 1.54. The van der Waals surface area contributed by atoms with Crippen LogP contribution in [0, 0.1) is 16.7 Å². The van der Waals surface area contributed by atoms with Gasteiger partial charge in [0.05, 0.1) is 0 Å². The Morgan fingerprint density at radius 1 is 1.56 bits per heavy atom. The number of aromatic amines is 1. The molecule has 5 heteroatoms. The molecule has 5 nitrogen and oxygen atoms in total. The van der Waals surface area contributed by atoms with E-state index < -0.39 is 0 Å². The van der Waals surface area contributed by atoms with Gasteiger partial charge in [0.25, 0.3) is 5.91 Å². The number of H-pyrrole nitrogens is 1. The Morgan fingerprint density at radius 3 is 2.83 bits per heavy atom. The standard InChI is InChI=1S/C13H19N3O2/c1-13(2,9-17)6-3-7-15-12(18)11-5-4-10(8-14)16-11/h4-5,16-17H,3,6-7,9H2,1-2H3,(H,15,18). The highest BCUT2D eigenvalue weighted by Gasteiger charge is 2.15. The number of nitriles is 1. The number of nitrogens with zero attached hydrogens (tertiary/aromatic N) is 1. The van der Waals surface area contributed by atoms with Gasteiger partial charge in [0.1, 0.15) is 17.5 Å². The van der Waals surface area contributed by atoms with E-state index in [1.807, 2.05) is 19.9 Å². The van der Waals surface area contributed by atoms with E-state index in [1.54, 1.807) is 12.1 Å². The van der Waals surface area contributed by atoms with Crippen molar-refractivity contribution >= 4 is 5.91 Å². The maximum atomic E-state index is 11.7. The largest absolute Gasteiger partial charge is 0.396 e. The minimum Gasteiger partial charge on any atom is -0.396 e. The highest BCUT2D eigenvalue weighted by Crippen LogP contribution is 2.20. The van der Waals surface area contributed by atoms with Crippen LogP contribution in [0.4, 0.5) is 0 Å². The molecule has 0 aliphatic carbocycles. The minimum absolute atomic E-state index is 0.106. The van der Waals surface area contributed by atoms with E-state index in [9.17, 15) is 4.79 Å². The molecule has 0 aliphatic rings. The lowest BCUT2D eigenvalue weighted by molar-refractivity contribution is 0.0944. The Kier molecular flexibility index (Phi) is 4.93. The lowest BCUT2D eigenvalue weighted by atomic mass is 9.89. The summed E-state index contributed by atoms with van der Waals surface area (Å²) in [6.45, 7) is 4.67. The number of carbonyl (C=O) groups is 1. The number of aromatic nitrogens is 1. The molecule has 0 saturated carbocycles. The molecule has 0 bridgehead atoms. The zero-order valence-corrected chi connectivity index (χ0v) is 10.8. The first-order valence-corrected chi connectivity index (χ1v) is 5.97. The van der Waals surface area contributed by atoms with Gasteiger partial charge in [0, 0.05) is 13.2 Å². The molecule has 1 aromatic rings. The van der Waals surface area contributed by atoms with Crippen molar-refractivity contribution in [3.8, 4) is 6.07 Å². The lowest BCUT2D eigenvalue weighted by Gasteiger charge is -2.21.